The second kappa shape index (κ2) is 4.51. The van der Waals surface area contributed by atoms with Gasteiger partial charge in [-0.3, -0.25) is 0 Å². The fraction of sp³-hybridized carbons (Fsp3) is 0.450. The molecule has 0 atom stereocenters. The van der Waals surface area contributed by atoms with Gasteiger partial charge in [-0.1, -0.05) is 45.4 Å². The minimum Gasteiger partial charge on any atom is -0.453 e. The second-order valence-corrected chi connectivity index (χ2v) is 8.53. The summed E-state index contributed by atoms with van der Waals surface area (Å²) in [5.74, 6) is 0. The third-order valence-corrected chi connectivity index (χ3v) is 5.85. The van der Waals surface area contributed by atoms with Gasteiger partial charge in [-0.2, -0.15) is 0 Å². The standard InChI is InChI=1S/C20H22ClNO/c1-11-10-13-15(20(4,5)8-7-19(13,2)3)14-12-6-9-22-18(21)17(12)23-16(11)14/h6,9-10H,7-8H2,1-5H3. The predicted octanol–water partition coefficient (Wildman–Crippen LogP) is 6.29. The van der Waals surface area contributed by atoms with E-state index in [-0.39, 0.29) is 10.8 Å². The molecule has 3 aromatic rings. The van der Waals surface area contributed by atoms with Crippen LogP contribution in [0.5, 0.6) is 0 Å². The van der Waals surface area contributed by atoms with Gasteiger partial charge in [-0.05, 0) is 53.4 Å². The van der Waals surface area contributed by atoms with Crippen LogP contribution < -0.4 is 0 Å². The maximum atomic E-state index is 6.29. The normalized spacial score (nSPS) is 19.2. The maximum absolute atomic E-state index is 6.29. The molecule has 2 nitrogen and oxygen atoms in total. The SMILES string of the molecule is Cc1cc2c(c3c1oc1c(Cl)nccc13)C(C)(C)CCC2(C)C. The molecule has 0 fully saturated rings. The highest BCUT2D eigenvalue weighted by Gasteiger charge is 2.39. The number of fused-ring (bicyclic) bond motifs is 5. The van der Waals surface area contributed by atoms with Crippen molar-refractivity contribution in [2.45, 2.75) is 58.3 Å². The lowest BCUT2D eigenvalue weighted by Crippen LogP contribution is -2.34. The third-order valence-electron chi connectivity index (χ3n) is 5.58. The Kier molecular flexibility index (Phi) is 2.94. The van der Waals surface area contributed by atoms with Crippen LogP contribution >= 0.6 is 11.6 Å². The van der Waals surface area contributed by atoms with Gasteiger partial charge in [0.15, 0.2) is 10.7 Å². The topological polar surface area (TPSA) is 26.0 Å². The Morgan fingerprint density at radius 3 is 2.52 bits per heavy atom. The molecule has 0 saturated carbocycles. The zero-order valence-corrected chi connectivity index (χ0v) is 15.1. The van der Waals surface area contributed by atoms with Crippen LogP contribution in [-0.2, 0) is 10.8 Å². The van der Waals surface area contributed by atoms with Crippen LogP contribution in [-0.4, -0.2) is 4.98 Å². The first-order valence-electron chi connectivity index (χ1n) is 8.24. The van der Waals surface area contributed by atoms with Crippen LogP contribution in [0.3, 0.4) is 0 Å². The van der Waals surface area contributed by atoms with Gasteiger partial charge in [-0.15, -0.1) is 0 Å². The van der Waals surface area contributed by atoms with E-state index in [2.05, 4.69) is 45.7 Å². The van der Waals surface area contributed by atoms with Gasteiger partial charge in [0.25, 0.3) is 0 Å². The van der Waals surface area contributed by atoms with Crippen molar-refractivity contribution in [1.29, 1.82) is 0 Å². The van der Waals surface area contributed by atoms with E-state index in [4.69, 9.17) is 16.0 Å². The lowest BCUT2D eigenvalue weighted by Gasteiger charge is -2.42. The number of halogens is 1. The Bertz CT molecular complexity index is 949. The zero-order valence-electron chi connectivity index (χ0n) is 14.4. The summed E-state index contributed by atoms with van der Waals surface area (Å²) in [6, 6.07) is 4.35. The lowest BCUT2D eigenvalue weighted by molar-refractivity contribution is 0.334. The average molecular weight is 328 g/mol. The molecule has 0 bridgehead atoms. The molecule has 0 aliphatic heterocycles. The first kappa shape index (κ1) is 15.0. The van der Waals surface area contributed by atoms with Crippen molar-refractivity contribution in [2.75, 3.05) is 0 Å². The van der Waals surface area contributed by atoms with Crippen LogP contribution in [0.25, 0.3) is 21.9 Å². The van der Waals surface area contributed by atoms with E-state index in [1.807, 2.05) is 6.07 Å². The number of hydrogen-bond acceptors (Lipinski definition) is 2. The molecule has 0 N–H and O–H groups in total. The molecule has 0 amide bonds. The molecule has 0 radical (unpaired) electrons. The smallest absolute Gasteiger partial charge is 0.172 e. The molecular weight excluding hydrogens is 306 g/mol. The number of aryl methyl sites for hydroxylation is 1. The van der Waals surface area contributed by atoms with Crippen LogP contribution in [0, 0.1) is 6.92 Å². The Morgan fingerprint density at radius 2 is 1.78 bits per heavy atom. The molecule has 2 heterocycles. The number of benzene rings is 1. The number of hydrogen-bond donors (Lipinski definition) is 0. The van der Waals surface area contributed by atoms with Crippen LogP contribution in [0.15, 0.2) is 22.7 Å². The van der Waals surface area contributed by atoms with Crippen molar-refractivity contribution >= 4 is 33.5 Å². The van der Waals surface area contributed by atoms with Crippen LogP contribution in [0.2, 0.25) is 5.15 Å². The van der Waals surface area contributed by atoms with Crippen molar-refractivity contribution in [2.24, 2.45) is 0 Å². The molecule has 1 aliphatic rings. The average Bonchev–Trinajstić information content (AvgIpc) is 2.86. The van der Waals surface area contributed by atoms with Gasteiger partial charge in [0.1, 0.15) is 5.58 Å². The summed E-state index contributed by atoms with van der Waals surface area (Å²) in [7, 11) is 0. The molecule has 2 aromatic heterocycles. The first-order valence-corrected chi connectivity index (χ1v) is 8.61. The van der Waals surface area contributed by atoms with Gasteiger partial charge < -0.3 is 4.42 Å². The van der Waals surface area contributed by atoms with E-state index >= 15 is 0 Å². The summed E-state index contributed by atoms with van der Waals surface area (Å²) < 4.78 is 6.15. The summed E-state index contributed by atoms with van der Waals surface area (Å²) in [5.41, 5.74) is 6.04. The highest BCUT2D eigenvalue weighted by atomic mass is 35.5. The predicted molar refractivity (Wildman–Crippen MR) is 96.5 cm³/mol. The summed E-state index contributed by atoms with van der Waals surface area (Å²) in [6.07, 6.45) is 4.15. The Labute approximate surface area is 141 Å². The van der Waals surface area contributed by atoms with Crippen molar-refractivity contribution < 1.29 is 4.42 Å². The van der Waals surface area contributed by atoms with E-state index in [0.717, 1.165) is 11.0 Å². The van der Waals surface area contributed by atoms with E-state index < -0.39 is 0 Å². The van der Waals surface area contributed by atoms with E-state index in [0.29, 0.717) is 10.7 Å². The Balaban J connectivity index is 2.28. The summed E-state index contributed by atoms with van der Waals surface area (Å²) in [4.78, 5) is 4.18. The molecule has 0 saturated heterocycles. The quantitative estimate of drug-likeness (QED) is 0.453. The molecule has 120 valence electrons. The minimum absolute atomic E-state index is 0.128. The van der Waals surface area contributed by atoms with Gasteiger partial charge in [-0.25, -0.2) is 4.98 Å². The van der Waals surface area contributed by atoms with Gasteiger partial charge >= 0.3 is 0 Å². The fourth-order valence-electron chi connectivity index (χ4n) is 4.13. The Morgan fingerprint density at radius 1 is 1.09 bits per heavy atom. The molecule has 0 spiro atoms. The molecule has 3 heteroatoms. The van der Waals surface area contributed by atoms with E-state index in [1.54, 1.807) is 6.20 Å². The monoisotopic (exact) mass is 327 g/mol. The summed E-state index contributed by atoms with van der Waals surface area (Å²) in [5, 5.41) is 2.77. The second-order valence-electron chi connectivity index (χ2n) is 8.17. The van der Waals surface area contributed by atoms with Crippen molar-refractivity contribution in [3.8, 4) is 0 Å². The number of aromatic nitrogens is 1. The summed E-state index contributed by atoms with van der Waals surface area (Å²) >= 11 is 6.29. The highest BCUT2D eigenvalue weighted by Crippen LogP contribution is 2.51. The van der Waals surface area contributed by atoms with E-state index in [9.17, 15) is 0 Å². The maximum Gasteiger partial charge on any atom is 0.172 e. The molecular formula is C20H22ClNO. The number of pyridine rings is 1. The molecule has 1 aliphatic carbocycles. The first-order chi connectivity index (χ1) is 10.7. The van der Waals surface area contributed by atoms with Crippen molar-refractivity contribution in [3.05, 3.63) is 40.2 Å². The molecule has 23 heavy (non-hydrogen) atoms. The number of furan rings is 1. The third kappa shape index (κ3) is 1.97. The highest BCUT2D eigenvalue weighted by molar-refractivity contribution is 6.34. The van der Waals surface area contributed by atoms with Gasteiger partial charge in [0, 0.05) is 17.0 Å². The molecule has 1 aromatic carbocycles. The molecule has 4 rings (SSSR count). The van der Waals surface area contributed by atoms with E-state index in [1.165, 1.54) is 34.9 Å². The largest absolute Gasteiger partial charge is 0.453 e. The van der Waals surface area contributed by atoms with Crippen molar-refractivity contribution in [3.63, 3.8) is 0 Å². The molecule has 0 unspecified atom stereocenters. The van der Waals surface area contributed by atoms with Gasteiger partial charge in [0.2, 0.25) is 0 Å². The lowest BCUT2D eigenvalue weighted by atomic mass is 9.62. The van der Waals surface area contributed by atoms with Gasteiger partial charge in [0.05, 0.1) is 0 Å². The fourth-order valence-corrected chi connectivity index (χ4v) is 4.32. The Hall–Kier alpha value is -1.54. The van der Waals surface area contributed by atoms with Crippen molar-refractivity contribution in [1.82, 2.24) is 4.98 Å². The van der Waals surface area contributed by atoms with Crippen LogP contribution in [0.1, 0.15) is 57.2 Å². The zero-order chi connectivity index (χ0) is 16.6. The minimum atomic E-state index is 0.128. The number of nitrogens with zero attached hydrogens (tertiary/aromatic N) is 1. The summed E-state index contributed by atoms with van der Waals surface area (Å²) in [6.45, 7) is 11.5. The van der Waals surface area contributed by atoms with Crippen LogP contribution in [0.4, 0.5) is 0 Å². The number of rotatable bonds is 0.